The van der Waals surface area contributed by atoms with Gasteiger partial charge in [0.15, 0.2) is 0 Å². The lowest BCUT2D eigenvalue weighted by molar-refractivity contribution is 0.304. The molecule has 4 aromatic rings. The van der Waals surface area contributed by atoms with Gasteiger partial charge in [-0.2, -0.15) is 0 Å². The Hall–Kier alpha value is -3.48. The van der Waals surface area contributed by atoms with E-state index in [2.05, 4.69) is 19.9 Å². The monoisotopic (exact) mass is 334 g/mol. The summed E-state index contributed by atoms with van der Waals surface area (Å²) in [6, 6.07) is 9.19. The average Bonchev–Trinajstić information content (AvgIpc) is 3.11. The highest BCUT2D eigenvalue weighted by Gasteiger charge is 2.10. The maximum Gasteiger partial charge on any atom is 0.247 e. The largest absolute Gasteiger partial charge is 0.487 e. The number of aromatic nitrogens is 4. The van der Waals surface area contributed by atoms with E-state index in [0.29, 0.717) is 35.4 Å². The molecule has 0 aliphatic rings. The molecule has 0 saturated heterocycles. The molecule has 4 aromatic heterocycles. The lowest BCUT2D eigenvalue weighted by atomic mass is 10.3. The van der Waals surface area contributed by atoms with Crippen LogP contribution in [0.25, 0.3) is 22.7 Å². The zero-order valence-electron chi connectivity index (χ0n) is 13.4. The maximum atomic E-state index is 5.75. The van der Waals surface area contributed by atoms with E-state index in [0.717, 1.165) is 11.1 Å². The summed E-state index contributed by atoms with van der Waals surface area (Å²) in [7, 11) is 1.58. The van der Waals surface area contributed by atoms with Crippen LogP contribution in [0, 0.1) is 0 Å². The predicted molar refractivity (Wildman–Crippen MR) is 90.2 cm³/mol. The number of oxazole rings is 1. The van der Waals surface area contributed by atoms with E-state index >= 15 is 0 Å². The van der Waals surface area contributed by atoms with Gasteiger partial charge in [-0.25, -0.2) is 15.0 Å². The zero-order valence-corrected chi connectivity index (χ0v) is 13.4. The van der Waals surface area contributed by atoms with E-state index in [1.807, 2.05) is 18.2 Å². The third kappa shape index (κ3) is 3.25. The highest BCUT2D eigenvalue weighted by Crippen LogP contribution is 2.25. The van der Waals surface area contributed by atoms with E-state index in [1.165, 1.54) is 0 Å². The molecule has 4 heterocycles. The lowest BCUT2D eigenvalue weighted by Gasteiger charge is -2.05. The predicted octanol–water partition coefficient (Wildman–Crippen LogP) is 3.27. The second-order valence-electron chi connectivity index (χ2n) is 5.25. The first-order valence-corrected chi connectivity index (χ1v) is 7.60. The summed E-state index contributed by atoms with van der Waals surface area (Å²) >= 11 is 0. The second-order valence-corrected chi connectivity index (χ2v) is 5.25. The summed E-state index contributed by atoms with van der Waals surface area (Å²) in [5, 5.41) is 0. The highest BCUT2D eigenvalue weighted by molar-refractivity contribution is 5.73. The Labute approximate surface area is 143 Å². The molecule has 0 aliphatic carbocycles. The minimum atomic E-state index is 0.373. The second kappa shape index (κ2) is 6.56. The molecule has 4 rings (SSSR count). The summed E-state index contributed by atoms with van der Waals surface area (Å²) < 4.78 is 16.4. The van der Waals surface area contributed by atoms with Crippen LogP contribution >= 0.6 is 0 Å². The van der Waals surface area contributed by atoms with Crippen molar-refractivity contribution >= 4 is 11.2 Å². The molecule has 0 saturated carbocycles. The van der Waals surface area contributed by atoms with Gasteiger partial charge in [0.05, 0.1) is 18.9 Å². The first-order chi connectivity index (χ1) is 12.3. The Bertz CT molecular complexity index is 984. The van der Waals surface area contributed by atoms with Gasteiger partial charge in [-0.05, 0) is 18.2 Å². The van der Waals surface area contributed by atoms with Crippen LogP contribution in [0.3, 0.4) is 0 Å². The van der Waals surface area contributed by atoms with Gasteiger partial charge >= 0.3 is 0 Å². The molecule has 0 amide bonds. The van der Waals surface area contributed by atoms with Gasteiger partial charge in [-0.1, -0.05) is 0 Å². The molecule has 0 spiro atoms. The first kappa shape index (κ1) is 15.1. The molecule has 0 unspecified atom stereocenters. The molecule has 7 heteroatoms. The van der Waals surface area contributed by atoms with E-state index in [4.69, 9.17) is 13.9 Å². The Morgan fingerprint density at radius 2 is 2.04 bits per heavy atom. The van der Waals surface area contributed by atoms with Crippen LogP contribution in [0.1, 0.15) is 5.56 Å². The molecule has 0 fully saturated rings. The summed E-state index contributed by atoms with van der Waals surface area (Å²) in [5.41, 5.74) is 2.81. The highest BCUT2D eigenvalue weighted by atomic mass is 16.5. The summed E-state index contributed by atoms with van der Waals surface area (Å²) in [5.74, 6) is 1.65. The van der Waals surface area contributed by atoms with Crippen molar-refractivity contribution in [1.82, 2.24) is 19.9 Å². The van der Waals surface area contributed by atoms with Gasteiger partial charge in [0.2, 0.25) is 17.5 Å². The van der Waals surface area contributed by atoms with Gasteiger partial charge in [-0.15, -0.1) is 0 Å². The lowest BCUT2D eigenvalue weighted by Crippen LogP contribution is -1.97. The van der Waals surface area contributed by atoms with Crippen molar-refractivity contribution in [2.45, 2.75) is 6.61 Å². The van der Waals surface area contributed by atoms with Crippen LogP contribution in [-0.2, 0) is 6.61 Å². The fourth-order valence-electron chi connectivity index (χ4n) is 2.28. The van der Waals surface area contributed by atoms with E-state index in [-0.39, 0.29) is 0 Å². The number of nitrogens with zero attached hydrogens (tertiary/aromatic N) is 4. The van der Waals surface area contributed by atoms with Gasteiger partial charge in [0.25, 0.3) is 0 Å². The molecule has 25 heavy (non-hydrogen) atoms. The van der Waals surface area contributed by atoms with Crippen LogP contribution in [0.5, 0.6) is 11.6 Å². The Morgan fingerprint density at radius 1 is 1.08 bits per heavy atom. The molecular formula is C18H14N4O3. The maximum absolute atomic E-state index is 5.75. The standard InChI is InChI=1S/C18H14N4O3/c1-23-16-5-4-12(8-20-16)11-24-14-7-15-18(21-10-14)25-17(22-15)13-3-2-6-19-9-13/h2-10H,11H2,1H3. The molecule has 0 aliphatic heterocycles. The molecule has 0 atom stereocenters. The molecule has 0 N–H and O–H groups in total. The Kier molecular flexibility index (Phi) is 3.96. The van der Waals surface area contributed by atoms with Crippen molar-refractivity contribution in [3.05, 3.63) is 60.7 Å². The van der Waals surface area contributed by atoms with Crippen LogP contribution in [0.15, 0.2) is 59.5 Å². The van der Waals surface area contributed by atoms with Crippen molar-refractivity contribution in [1.29, 1.82) is 0 Å². The Morgan fingerprint density at radius 3 is 2.80 bits per heavy atom. The van der Waals surface area contributed by atoms with Gasteiger partial charge < -0.3 is 13.9 Å². The SMILES string of the molecule is COc1ccc(COc2cnc3oc(-c4cccnc4)nc3c2)cn1. The average molecular weight is 334 g/mol. The normalized spacial score (nSPS) is 10.8. The van der Waals surface area contributed by atoms with Gasteiger partial charge in [0, 0.05) is 36.3 Å². The molecule has 124 valence electrons. The third-order valence-corrected chi connectivity index (χ3v) is 3.54. The van der Waals surface area contributed by atoms with Crippen molar-refractivity contribution in [3.8, 4) is 23.1 Å². The summed E-state index contributed by atoms with van der Waals surface area (Å²) in [4.78, 5) is 16.9. The molecule has 7 nitrogen and oxygen atoms in total. The minimum Gasteiger partial charge on any atom is -0.487 e. The third-order valence-electron chi connectivity index (χ3n) is 3.54. The number of pyridine rings is 3. The van der Waals surface area contributed by atoms with Crippen molar-refractivity contribution in [2.24, 2.45) is 0 Å². The topological polar surface area (TPSA) is 83.2 Å². The molecular weight excluding hydrogens is 320 g/mol. The van der Waals surface area contributed by atoms with Crippen LogP contribution in [-0.4, -0.2) is 27.0 Å². The quantitative estimate of drug-likeness (QED) is 0.554. The summed E-state index contributed by atoms with van der Waals surface area (Å²) in [6.07, 6.45) is 6.71. The Balaban J connectivity index is 1.52. The number of methoxy groups -OCH3 is 1. The number of hydrogen-bond donors (Lipinski definition) is 0. The van der Waals surface area contributed by atoms with Gasteiger partial charge in [-0.3, -0.25) is 4.98 Å². The van der Waals surface area contributed by atoms with E-state index in [9.17, 15) is 0 Å². The zero-order chi connectivity index (χ0) is 17.1. The van der Waals surface area contributed by atoms with E-state index < -0.39 is 0 Å². The molecule has 0 bridgehead atoms. The minimum absolute atomic E-state index is 0.373. The smallest absolute Gasteiger partial charge is 0.247 e. The fourth-order valence-corrected chi connectivity index (χ4v) is 2.28. The van der Waals surface area contributed by atoms with Gasteiger partial charge in [0.1, 0.15) is 17.9 Å². The van der Waals surface area contributed by atoms with Crippen LogP contribution in [0.2, 0.25) is 0 Å². The van der Waals surface area contributed by atoms with Crippen molar-refractivity contribution < 1.29 is 13.9 Å². The van der Waals surface area contributed by atoms with Crippen molar-refractivity contribution in [2.75, 3.05) is 7.11 Å². The first-order valence-electron chi connectivity index (χ1n) is 7.60. The fraction of sp³-hybridized carbons (Fsp3) is 0.111. The van der Waals surface area contributed by atoms with E-state index in [1.54, 1.807) is 44.0 Å². The molecule has 0 aromatic carbocycles. The molecule has 0 radical (unpaired) electrons. The summed E-state index contributed by atoms with van der Waals surface area (Å²) in [6.45, 7) is 0.373. The number of hydrogen-bond acceptors (Lipinski definition) is 7. The number of fused-ring (bicyclic) bond motifs is 1. The van der Waals surface area contributed by atoms with Crippen LogP contribution < -0.4 is 9.47 Å². The van der Waals surface area contributed by atoms with Crippen molar-refractivity contribution in [3.63, 3.8) is 0 Å². The van der Waals surface area contributed by atoms with Crippen LogP contribution in [0.4, 0.5) is 0 Å². The number of rotatable bonds is 5. The number of ether oxygens (including phenoxy) is 2.